The third kappa shape index (κ3) is 4.28. The van der Waals surface area contributed by atoms with Crippen LogP contribution in [0.2, 0.25) is 0 Å². The minimum atomic E-state index is -0.348. The SMILES string of the molecule is COCCC(C)Nc1ccc(C(N)=S)cc1F. The summed E-state index contributed by atoms with van der Waals surface area (Å²) in [5, 5.41) is 3.07. The van der Waals surface area contributed by atoms with E-state index in [-0.39, 0.29) is 16.8 Å². The Hall–Kier alpha value is -1.20. The topological polar surface area (TPSA) is 47.3 Å². The summed E-state index contributed by atoms with van der Waals surface area (Å²) in [6, 6.07) is 4.83. The molecular weight excluding hydrogens is 239 g/mol. The highest BCUT2D eigenvalue weighted by molar-refractivity contribution is 7.80. The Morgan fingerprint density at radius 1 is 1.59 bits per heavy atom. The van der Waals surface area contributed by atoms with E-state index in [1.165, 1.54) is 6.07 Å². The number of thiocarbonyl (C=S) groups is 1. The fourth-order valence-electron chi connectivity index (χ4n) is 1.42. The van der Waals surface area contributed by atoms with Gasteiger partial charge in [0.05, 0.1) is 5.69 Å². The number of hydrogen-bond donors (Lipinski definition) is 2. The van der Waals surface area contributed by atoms with E-state index in [4.69, 9.17) is 22.7 Å². The van der Waals surface area contributed by atoms with Gasteiger partial charge in [0.2, 0.25) is 0 Å². The molecule has 0 bridgehead atoms. The lowest BCUT2D eigenvalue weighted by atomic mass is 10.1. The van der Waals surface area contributed by atoms with E-state index in [0.717, 1.165) is 6.42 Å². The maximum absolute atomic E-state index is 13.7. The smallest absolute Gasteiger partial charge is 0.146 e. The highest BCUT2D eigenvalue weighted by Gasteiger charge is 2.08. The van der Waals surface area contributed by atoms with Gasteiger partial charge in [-0.15, -0.1) is 0 Å². The van der Waals surface area contributed by atoms with E-state index in [1.54, 1.807) is 19.2 Å². The van der Waals surface area contributed by atoms with Crippen LogP contribution in [0, 0.1) is 5.82 Å². The van der Waals surface area contributed by atoms with Crippen LogP contribution in [0.4, 0.5) is 10.1 Å². The van der Waals surface area contributed by atoms with Crippen LogP contribution in [-0.2, 0) is 4.74 Å². The number of halogens is 1. The summed E-state index contributed by atoms with van der Waals surface area (Å²) in [6.07, 6.45) is 0.812. The Morgan fingerprint density at radius 3 is 2.82 bits per heavy atom. The zero-order valence-electron chi connectivity index (χ0n) is 10.00. The monoisotopic (exact) mass is 256 g/mol. The van der Waals surface area contributed by atoms with Crippen LogP contribution >= 0.6 is 12.2 Å². The second-order valence-corrected chi connectivity index (χ2v) is 4.33. The lowest BCUT2D eigenvalue weighted by Gasteiger charge is -2.15. The lowest BCUT2D eigenvalue weighted by Crippen LogP contribution is -2.18. The largest absolute Gasteiger partial charge is 0.389 e. The van der Waals surface area contributed by atoms with Gasteiger partial charge in [0.15, 0.2) is 0 Å². The van der Waals surface area contributed by atoms with Crippen molar-refractivity contribution in [1.29, 1.82) is 0 Å². The van der Waals surface area contributed by atoms with Gasteiger partial charge in [0.1, 0.15) is 10.8 Å². The molecule has 1 aromatic rings. The van der Waals surface area contributed by atoms with Gasteiger partial charge in [-0.2, -0.15) is 0 Å². The van der Waals surface area contributed by atoms with Gasteiger partial charge >= 0.3 is 0 Å². The van der Waals surface area contributed by atoms with Crippen molar-refractivity contribution in [3.8, 4) is 0 Å². The van der Waals surface area contributed by atoms with Gasteiger partial charge in [-0.25, -0.2) is 4.39 Å². The molecule has 0 aliphatic heterocycles. The Bertz CT molecular complexity index is 398. The zero-order chi connectivity index (χ0) is 12.8. The first-order valence-electron chi connectivity index (χ1n) is 5.39. The summed E-state index contributed by atoms with van der Waals surface area (Å²) in [7, 11) is 1.64. The second-order valence-electron chi connectivity index (χ2n) is 3.89. The maximum atomic E-state index is 13.7. The van der Waals surface area contributed by atoms with E-state index in [0.29, 0.717) is 17.9 Å². The summed E-state index contributed by atoms with van der Waals surface area (Å²) >= 11 is 4.78. The molecule has 1 unspecified atom stereocenters. The number of benzene rings is 1. The molecule has 0 fully saturated rings. The molecule has 1 atom stereocenters. The molecule has 0 radical (unpaired) electrons. The number of methoxy groups -OCH3 is 1. The molecule has 0 spiro atoms. The molecular formula is C12H17FN2OS. The van der Waals surface area contributed by atoms with Crippen LogP contribution < -0.4 is 11.1 Å². The first-order valence-corrected chi connectivity index (χ1v) is 5.80. The van der Waals surface area contributed by atoms with E-state index < -0.39 is 0 Å². The van der Waals surface area contributed by atoms with E-state index in [2.05, 4.69) is 5.32 Å². The van der Waals surface area contributed by atoms with Gasteiger partial charge in [-0.05, 0) is 31.5 Å². The highest BCUT2D eigenvalue weighted by Crippen LogP contribution is 2.17. The Labute approximate surface area is 106 Å². The van der Waals surface area contributed by atoms with Crippen molar-refractivity contribution in [3.63, 3.8) is 0 Å². The van der Waals surface area contributed by atoms with Gasteiger partial charge in [-0.3, -0.25) is 0 Å². The number of rotatable bonds is 6. The summed E-state index contributed by atoms with van der Waals surface area (Å²) < 4.78 is 18.6. The summed E-state index contributed by atoms with van der Waals surface area (Å²) in [5.41, 5.74) is 6.41. The van der Waals surface area contributed by atoms with E-state index in [9.17, 15) is 4.39 Å². The Morgan fingerprint density at radius 2 is 2.29 bits per heavy atom. The second kappa shape index (κ2) is 6.51. The third-order valence-corrected chi connectivity index (χ3v) is 2.65. The first-order chi connectivity index (χ1) is 8.04. The number of hydrogen-bond acceptors (Lipinski definition) is 3. The minimum absolute atomic E-state index is 0.139. The number of ether oxygens (including phenoxy) is 1. The molecule has 3 nitrogen and oxygen atoms in total. The third-order valence-electron chi connectivity index (χ3n) is 2.41. The molecule has 0 aliphatic rings. The molecule has 0 heterocycles. The van der Waals surface area contributed by atoms with Crippen LogP contribution in [0.25, 0.3) is 0 Å². The van der Waals surface area contributed by atoms with Crippen molar-refractivity contribution >= 4 is 22.9 Å². The minimum Gasteiger partial charge on any atom is -0.389 e. The van der Waals surface area contributed by atoms with Crippen molar-refractivity contribution < 1.29 is 9.13 Å². The molecule has 5 heteroatoms. The molecule has 0 saturated heterocycles. The van der Waals surface area contributed by atoms with Crippen molar-refractivity contribution in [1.82, 2.24) is 0 Å². The average molecular weight is 256 g/mol. The molecule has 0 saturated carbocycles. The molecule has 3 N–H and O–H groups in total. The number of nitrogens with one attached hydrogen (secondary N) is 1. The van der Waals surface area contributed by atoms with Crippen LogP contribution in [0.15, 0.2) is 18.2 Å². The Balaban J connectivity index is 2.69. The van der Waals surface area contributed by atoms with Crippen LogP contribution in [0.5, 0.6) is 0 Å². The fraction of sp³-hybridized carbons (Fsp3) is 0.417. The predicted octanol–water partition coefficient (Wildman–Crippen LogP) is 2.30. The molecule has 0 amide bonds. The zero-order valence-corrected chi connectivity index (χ0v) is 10.8. The molecule has 1 rings (SSSR count). The van der Waals surface area contributed by atoms with Crippen LogP contribution in [0.3, 0.4) is 0 Å². The molecule has 1 aromatic carbocycles. The summed E-state index contributed by atoms with van der Waals surface area (Å²) in [5.74, 6) is -0.348. The Kier molecular flexibility index (Phi) is 5.31. The molecule has 94 valence electrons. The standard InChI is InChI=1S/C12H17FN2OS/c1-8(5-6-16-2)15-11-4-3-9(12(14)17)7-10(11)13/h3-4,7-8,15H,5-6H2,1-2H3,(H2,14,17). The molecule has 17 heavy (non-hydrogen) atoms. The van der Waals surface area contributed by atoms with Gasteiger partial charge in [-0.1, -0.05) is 12.2 Å². The van der Waals surface area contributed by atoms with Gasteiger partial charge in [0, 0.05) is 25.3 Å². The molecule has 0 aromatic heterocycles. The predicted molar refractivity (Wildman–Crippen MR) is 71.9 cm³/mol. The summed E-state index contributed by atoms with van der Waals surface area (Å²) in [4.78, 5) is 0.197. The van der Waals surface area contributed by atoms with Crippen LogP contribution in [-0.4, -0.2) is 24.7 Å². The van der Waals surface area contributed by atoms with Crippen molar-refractivity contribution in [2.75, 3.05) is 19.0 Å². The van der Waals surface area contributed by atoms with Crippen molar-refractivity contribution in [2.45, 2.75) is 19.4 Å². The average Bonchev–Trinajstić information content (AvgIpc) is 2.28. The summed E-state index contributed by atoms with van der Waals surface area (Å²) in [6.45, 7) is 2.61. The van der Waals surface area contributed by atoms with Crippen molar-refractivity contribution in [2.24, 2.45) is 5.73 Å². The first kappa shape index (κ1) is 13.9. The molecule has 0 aliphatic carbocycles. The maximum Gasteiger partial charge on any atom is 0.146 e. The van der Waals surface area contributed by atoms with E-state index in [1.807, 2.05) is 6.92 Å². The quantitative estimate of drug-likeness (QED) is 0.767. The normalized spacial score (nSPS) is 12.2. The number of anilines is 1. The fourth-order valence-corrected chi connectivity index (χ4v) is 1.54. The van der Waals surface area contributed by atoms with Crippen LogP contribution in [0.1, 0.15) is 18.9 Å². The lowest BCUT2D eigenvalue weighted by molar-refractivity contribution is 0.191. The van der Waals surface area contributed by atoms with E-state index >= 15 is 0 Å². The highest BCUT2D eigenvalue weighted by atomic mass is 32.1. The van der Waals surface area contributed by atoms with Crippen molar-refractivity contribution in [3.05, 3.63) is 29.6 Å². The number of nitrogens with two attached hydrogens (primary N) is 1. The van der Waals surface area contributed by atoms with Gasteiger partial charge < -0.3 is 15.8 Å². The van der Waals surface area contributed by atoms with Gasteiger partial charge in [0.25, 0.3) is 0 Å².